The minimum Gasteiger partial charge on any atom is -0.436 e. The molecule has 0 aromatic heterocycles. The van der Waals surface area contributed by atoms with Crippen molar-refractivity contribution in [3.05, 3.63) is 0 Å². The van der Waals surface area contributed by atoms with Gasteiger partial charge in [-0.15, -0.1) is 0 Å². The van der Waals surface area contributed by atoms with Gasteiger partial charge in [0.25, 0.3) is 0 Å². The Balaban J connectivity index is 3.62. The number of rotatable bonds is 15. The maximum atomic E-state index is 11.5. The summed E-state index contributed by atoms with van der Waals surface area (Å²) in [5.74, 6) is -0.904. The molecule has 0 amide bonds. The Morgan fingerprint density at radius 2 is 1.08 bits per heavy atom. The molecule has 2 N–H and O–H groups in total. The molecule has 6 nitrogen and oxygen atoms in total. The Morgan fingerprint density at radius 3 is 1.42 bits per heavy atom. The topological polar surface area (TPSA) is 93.1 Å². The molecular weight excluding hydrogens is 312 g/mol. The van der Waals surface area contributed by atoms with E-state index in [9.17, 15) is 19.8 Å². The molecule has 0 heterocycles. The third kappa shape index (κ3) is 14.5. The van der Waals surface area contributed by atoms with Crippen LogP contribution in [0.4, 0.5) is 0 Å². The van der Waals surface area contributed by atoms with Crippen molar-refractivity contribution in [3.63, 3.8) is 0 Å². The van der Waals surface area contributed by atoms with Crippen LogP contribution in [0.15, 0.2) is 0 Å². The molecule has 0 aliphatic carbocycles. The summed E-state index contributed by atoms with van der Waals surface area (Å²) in [5, 5.41) is 19.1. The molecule has 0 aliphatic heterocycles. The second-order valence-corrected chi connectivity index (χ2v) is 6.09. The van der Waals surface area contributed by atoms with Gasteiger partial charge in [-0.25, -0.2) is 0 Å². The Morgan fingerprint density at radius 1 is 0.708 bits per heavy atom. The standard InChI is InChI=1S/C18H34O6/c1-3-5-7-11-15(19)23-17(21)13-9-10-14-18(22)24-16(20)12-8-6-4-2/h15-16,19-20H,3-14H2,1-2H3. The first-order chi connectivity index (χ1) is 11.5. The van der Waals surface area contributed by atoms with Gasteiger partial charge in [-0.1, -0.05) is 39.5 Å². The molecule has 0 aromatic rings. The molecule has 0 aliphatic rings. The normalized spacial score (nSPS) is 13.3. The molecule has 0 fully saturated rings. The lowest BCUT2D eigenvalue weighted by atomic mass is 10.2. The number of hydrogen-bond acceptors (Lipinski definition) is 6. The monoisotopic (exact) mass is 346 g/mol. The first-order valence-electron chi connectivity index (χ1n) is 9.24. The maximum absolute atomic E-state index is 11.5. The van der Waals surface area contributed by atoms with Crippen LogP contribution in [-0.2, 0) is 19.1 Å². The highest BCUT2D eigenvalue weighted by molar-refractivity contribution is 5.70. The number of aliphatic hydroxyl groups is 2. The van der Waals surface area contributed by atoms with Crippen LogP contribution >= 0.6 is 0 Å². The number of carbonyl (C=O) groups excluding carboxylic acids is 2. The molecule has 24 heavy (non-hydrogen) atoms. The fraction of sp³-hybridized carbons (Fsp3) is 0.889. The largest absolute Gasteiger partial charge is 0.436 e. The fourth-order valence-corrected chi connectivity index (χ4v) is 2.22. The number of ether oxygens (including phenoxy) is 2. The summed E-state index contributed by atoms with van der Waals surface area (Å²) >= 11 is 0. The van der Waals surface area contributed by atoms with E-state index in [0.29, 0.717) is 25.7 Å². The summed E-state index contributed by atoms with van der Waals surface area (Å²) in [4.78, 5) is 23.0. The number of unbranched alkanes of at least 4 members (excludes halogenated alkanes) is 5. The quantitative estimate of drug-likeness (QED) is 0.268. The lowest BCUT2D eigenvalue weighted by molar-refractivity contribution is -0.171. The zero-order valence-electron chi connectivity index (χ0n) is 15.2. The second-order valence-electron chi connectivity index (χ2n) is 6.09. The number of esters is 2. The van der Waals surface area contributed by atoms with Gasteiger partial charge in [0.15, 0.2) is 0 Å². The highest BCUT2D eigenvalue weighted by atomic mass is 16.6. The van der Waals surface area contributed by atoms with Crippen molar-refractivity contribution in [3.8, 4) is 0 Å². The van der Waals surface area contributed by atoms with Crippen molar-refractivity contribution in [2.24, 2.45) is 0 Å². The Bertz CT molecular complexity index is 299. The zero-order valence-corrected chi connectivity index (χ0v) is 15.2. The smallest absolute Gasteiger partial charge is 0.308 e. The van der Waals surface area contributed by atoms with Gasteiger partial charge in [-0.05, 0) is 25.7 Å². The Labute approximate surface area is 145 Å². The average molecular weight is 346 g/mol. The lowest BCUT2D eigenvalue weighted by Crippen LogP contribution is -2.18. The zero-order chi connectivity index (χ0) is 18.2. The molecule has 0 bridgehead atoms. The SMILES string of the molecule is CCCCCC(O)OC(=O)CCCCC(=O)OC(O)CCCCC. The van der Waals surface area contributed by atoms with Crippen LogP contribution in [0.3, 0.4) is 0 Å². The van der Waals surface area contributed by atoms with Gasteiger partial charge in [-0.3, -0.25) is 9.59 Å². The van der Waals surface area contributed by atoms with E-state index in [-0.39, 0.29) is 12.8 Å². The molecule has 6 heteroatoms. The van der Waals surface area contributed by atoms with Crippen molar-refractivity contribution in [2.45, 2.75) is 103 Å². The Kier molecular flexibility index (Phi) is 14.7. The van der Waals surface area contributed by atoms with E-state index in [1.54, 1.807) is 0 Å². The van der Waals surface area contributed by atoms with E-state index in [0.717, 1.165) is 38.5 Å². The van der Waals surface area contributed by atoms with E-state index in [1.165, 1.54) is 0 Å². The van der Waals surface area contributed by atoms with Crippen molar-refractivity contribution < 1.29 is 29.3 Å². The minimum absolute atomic E-state index is 0.164. The van der Waals surface area contributed by atoms with E-state index in [4.69, 9.17) is 9.47 Å². The summed E-state index contributed by atoms with van der Waals surface area (Å²) < 4.78 is 9.77. The summed E-state index contributed by atoms with van der Waals surface area (Å²) in [7, 11) is 0. The van der Waals surface area contributed by atoms with Gasteiger partial charge in [-0.2, -0.15) is 0 Å². The first-order valence-corrected chi connectivity index (χ1v) is 9.24. The number of aliphatic hydroxyl groups excluding tert-OH is 2. The van der Waals surface area contributed by atoms with Crippen LogP contribution in [0.5, 0.6) is 0 Å². The van der Waals surface area contributed by atoms with Crippen LogP contribution in [0.2, 0.25) is 0 Å². The van der Waals surface area contributed by atoms with E-state index >= 15 is 0 Å². The number of hydrogen-bond donors (Lipinski definition) is 2. The van der Waals surface area contributed by atoms with Gasteiger partial charge in [0, 0.05) is 25.7 Å². The van der Waals surface area contributed by atoms with Crippen LogP contribution in [0, 0.1) is 0 Å². The third-order valence-electron chi connectivity index (χ3n) is 3.66. The fourth-order valence-electron chi connectivity index (χ4n) is 2.22. The van der Waals surface area contributed by atoms with Gasteiger partial charge in [0.1, 0.15) is 0 Å². The average Bonchev–Trinajstić information content (AvgIpc) is 2.52. The molecule has 0 saturated heterocycles. The van der Waals surface area contributed by atoms with Gasteiger partial charge >= 0.3 is 11.9 Å². The van der Waals surface area contributed by atoms with Crippen LogP contribution in [-0.4, -0.2) is 34.7 Å². The van der Waals surface area contributed by atoms with Crippen LogP contribution < -0.4 is 0 Å². The molecule has 0 spiro atoms. The molecule has 2 atom stereocenters. The maximum Gasteiger partial charge on any atom is 0.308 e. The predicted molar refractivity (Wildman–Crippen MR) is 90.9 cm³/mol. The minimum atomic E-state index is -1.03. The molecular formula is C18H34O6. The summed E-state index contributed by atoms with van der Waals surface area (Å²) in [5.41, 5.74) is 0. The molecule has 142 valence electrons. The van der Waals surface area contributed by atoms with Gasteiger partial charge in [0.2, 0.25) is 12.6 Å². The summed E-state index contributed by atoms with van der Waals surface area (Å²) in [6.45, 7) is 4.13. The molecule has 0 saturated carbocycles. The molecule has 0 aromatic carbocycles. The van der Waals surface area contributed by atoms with Crippen molar-refractivity contribution in [1.29, 1.82) is 0 Å². The van der Waals surface area contributed by atoms with Crippen molar-refractivity contribution in [2.75, 3.05) is 0 Å². The Hall–Kier alpha value is -1.14. The highest BCUT2D eigenvalue weighted by Gasteiger charge is 2.13. The summed E-state index contributed by atoms with van der Waals surface area (Å²) in [6, 6.07) is 0. The molecule has 0 radical (unpaired) electrons. The van der Waals surface area contributed by atoms with Crippen molar-refractivity contribution >= 4 is 11.9 Å². The van der Waals surface area contributed by atoms with Crippen LogP contribution in [0.1, 0.15) is 90.9 Å². The lowest BCUT2D eigenvalue weighted by Gasteiger charge is -2.12. The molecule has 2 unspecified atom stereocenters. The second kappa shape index (κ2) is 15.4. The number of carbonyl (C=O) groups is 2. The van der Waals surface area contributed by atoms with E-state index in [2.05, 4.69) is 13.8 Å². The van der Waals surface area contributed by atoms with E-state index < -0.39 is 24.5 Å². The van der Waals surface area contributed by atoms with Crippen LogP contribution in [0.25, 0.3) is 0 Å². The van der Waals surface area contributed by atoms with Crippen molar-refractivity contribution in [1.82, 2.24) is 0 Å². The van der Waals surface area contributed by atoms with E-state index in [1.807, 2.05) is 0 Å². The summed E-state index contributed by atoms with van der Waals surface area (Å²) in [6.07, 6.45) is 5.91. The predicted octanol–water partition coefficient (Wildman–Crippen LogP) is 3.43. The van der Waals surface area contributed by atoms with Gasteiger partial charge < -0.3 is 19.7 Å². The highest BCUT2D eigenvalue weighted by Crippen LogP contribution is 2.09. The molecule has 0 rings (SSSR count). The van der Waals surface area contributed by atoms with Gasteiger partial charge in [0.05, 0.1) is 0 Å². The third-order valence-corrected chi connectivity index (χ3v) is 3.66. The first kappa shape index (κ1) is 22.9.